The summed E-state index contributed by atoms with van der Waals surface area (Å²) in [4.78, 5) is 6.48. The number of hydrogen-bond acceptors (Lipinski definition) is 4. The molecule has 8 aromatic carbocycles. The van der Waals surface area contributed by atoms with E-state index in [0.29, 0.717) is 0 Å². The van der Waals surface area contributed by atoms with Crippen LogP contribution in [0.15, 0.2) is 194 Å². The second-order valence-electron chi connectivity index (χ2n) is 16.3. The summed E-state index contributed by atoms with van der Waals surface area (Å²) in [5, 5.41) is 2.99. The minimum Gasteiger partial charge on any atom is -0.307 e. The Morgan fingerprint density at radius 1 is 0.337 bits per heavy atom. The van der Waals surface area contributed by atoms with E-state index in [1.54, 1.807) is 0 Å². The third-order valence-corrected chi connectivity index (χ3v) is 10.4. The van der Waals surface area contributed by atoms with Gasteiger partial charge in [-0.1, -0.05) is 249 Å². The number of nitrogens with zero attached hydrogens (tertiary/aromatic N) is 3. The van der Waals surface area contributed by atoms with Crippen molar-refractivity contribution < 1.29 is 65.4 Å². The minimum atomic E-state index is 0. The Morgan fingerprint density at radius 2 is 0.539 bits per heavy atom. The number of nitrogens with one attached hydrogen (secondary N) is 1. The van der Waals surface area contributed by atoms with Crippen LogP contribution in [0.25, 0.3) is 44.5 Å². The van der Waals surface area contributed by atoms with Crippen molar-refractivity contribution in [3.05, 3.63) is 241 Å². The van der Waals surface area contributed by atoms with Crippen LogP contribution >= 0.6 is 11.6 Å². The number of fused-ring (bicyclic) bond motifs is 6. The van der Waals surface area contributed by atoms with E-state index < -0.39 is 0 Å². The molecule has 0 heterocycles. The molecule has 8 aromatic rings. The van der Waals surface area contributed by atoms with Crippen LogP contribution in [0.4, 0.5) is 0 Å². The van der Waals surface area contributed by atoms with Gasteiger partial charge >= 0.3 is 0 Å². The summed E-state index contributed by atoms with van der Waals surface area (Å²) in [6.07, 6.45) is 2.21. The molecule has 2 aliphatic rings. The van der Waals surface area contributed by atoms with Gasteiger partial charge in [0.15, 0.2) is 0 Å². The predicted molar refractivity (Wildman–Crippen MR) is 403 cm³/mol. The molecule has 0 aromatic heterocycles. The van der Waals surface area contributed by atoms with E-state index in [1.165, 1.54) is 44.5 Å². The van der Waals surface area contributed by atoms with Crippen LogP contribution in [0.2, 0.25) is 0 Å². The van der Waals surface area contributed by atoms with Crippen molar-refractivity contribution in [1.82, 2.24) is 20.0 Å². The van der Waals surface area contributed by atoms with Gasteiger partial charge in [0, 0.05) is 84.6 Å². The summed E-state index contributed by atoms with van der Waals surface area (Å²) in [6.45, 7) is 47.2. The molecular formula is C82H129ClN4Y2-4. The molecule has 4 nitrogen and oxygen atoms in total. The van der Waals surface area contributed by atoms with Gasteiger partial charge in [-0.3, -0.25) is 14.7 Å². The summed E-state index contributed by atoms with van der Waals surface area (Å²) in [7, 11) is 12.2. The molecule has 2 aliphatic carbocycles. The van der Waals surface area contributed by atoms with Gasteiger partial charge in [0.25, 0.3) is 0 Å². The fourth-order valence-corrected chi connectivity index (χ4v) is 7.30. The number of benzene rings is 8. The van der Waals surface area contributed by atoms with Crippen LogP contribution in [0.3, 0.4) is 0 Å². The molecule has 2 radical (unpaired) electrons. The molecule has 0 unspecified atom stereocenters. The maximum Gasteiger partial charge on any atom is 0.0497 e. The monoisotopic (exact) mass is 1380 g/mol. The van der Waals surface area contributed by atoms with Gasteiger partial charge in [0.2, 0.25) is 0 Å². The van der Waals surface area contributed by atoms with Crippen LogP contribution in [-0.4, -0.2) is 82.7 Å². The van der Waals surface area contributed by atoms with Crippen molar-refractivity contribution >= 4 is 11.6 Å². The van der Waals surface area contributed by atoms with E-state index in [4.69, 9.17) is 11.6 Å². The molecule has 10 rings (SSSR count). The fraction of sp³-hybridized carbons (Fsp3) is 0.415. The standard InChI is InChI=1S/2C13H10.2C12H8.C6H16N2.C4H12N2.C2H5Cl.10C2H6.2Y/c2*1-3-7-12-10(5-1)9-11-6-2-4-8-13(11)12;2*1-3-7-11(8-4-1)12-9-5-2-6-10-12;1-5-8(4)6-7(2)3;1-5-4-6(2)3;1-2-3;10*1-2;;/h2*1-8H,9H2;2*1-7,9H;5-6H2,1-4H3;5H,4H2,1-3H3;2H2,1H3;10*1-2H3;;/q;;2*-2;;;;;;;;;;;;;;;. The summed E-state index contributed by atoms with van der Waals surface area (Å²) in [5.41, 5.74) is 15.9. The Labute approximate surface area is 609 Å². The number of alkyl halides is 1. The third-order valence-electron chi connectivity index (χ3n) is 10.4. The van der Waals surface area contributed by atoms with Crippen molar-refractivity contribution in [2.75, 3.05) is 68.0 Å². The van der Waals surface area contributed by atoms with Crippen molar-refractivity contribution in [2.45, 2.75) is 165 Å². The smallest absolute Gasteiger partial charge is 0.0497 e. The molecule has 0 aliphatic heterocycles. The Morgan fingerprint density at radius 3 is 0.674 bits per heavy atom. The van der Waals surface area contributed by atoms with E-state index in [0.717, 1.165) is 60.9 Å². The zero-order valence-corrected chi connectivity index (χ0v) is 68.5. The van der Waals surface area contributed by atoms with Gasteiger partial charge in [0.05, 0.1) is 0 Å². The number of halogens is 1. The first-order valence-corrected chi connectivity index (χ1v) is 33.6. The van der Waals surface area contributed by atoms with Crippen molar-refractivity contribution in [2.24, 2.45) is 0 Å². The topological polar surface area (TPSA) is 21.8 Å². The first-order valence-electron chi connectivity index (χ1n) is 33.1. The van der Waals surface area contributed by atoms with E-state index >= 15 is 0 Å². The summed E-state index contributed by atoms with van der Waals surface area (Å²) >= 11 is 5.00. The second-order valence-corrected chi connectivity index (χ2v) is 16.9. The Hall–Kier alpha value is -3.90. The van der Waals surface area contributed by atoms with Gasteiger partial charge < -0.3 is 5.32 Å². The van der Waals surface area contributed by atoms with Crippen LogP contribution in [-0.2, 0) is 78.3 Å². The number of hydrogen-bond donors (Lipinski definition) is 1. The number of rotatable bonds is 7. The van der Waals surface area contributed by atoms with Gasteiger partial charge in [0.1, 0.15) is 0 Å². The van der Waals surface area contributed by atoms with E-state index in [1.807, 2.05) is 264 Å². The van der Waals surface area contributed by atoms with Gasteiger partial charge in [-0.2, -0.15) is 97.1 Å². The maximum absolute atomic E-state index is 5.00. The van der Waals surface area contributed by atoms with Gasteiger partial charge in [-0.15, -0.1) is 35.9 Å². The molecule has 0 amide bonds. The molecule has 0 spiro atoms. The maximum atomic E-state index is 5.00. The molecule has 494 valence electrons. The summed E-state index contributed by atoms with van der Waals surface area (Å²) < 4.78 is 0. The van der Waals surface area contributed by atoms with Crippen molar-refractivity contribution in [1.29, 1.82) is 0 Å². The molecule has 0 atom stereocenters. The predicted octanol–water partition coefficient (Wildman–Crippen LogP) is 24.1. The average molecular weight is 1380 g/mol. The van der Waals surface area contributed by atoms with Crippen LogP contribution in [0, 0.1) is 24.3 Å². The molecule has 89 heavy (non-hydrogen) atoms. The zero-order chi connectivity index (χ0) is 68.1. The minimum absolute atomic E-state index is 0. The Kier molecular flexibility index (Phi) is 95.9. The molecule has 0 fully saturated rings. The average Bonchev–Trinajstić information content (AvgIpc) is 2.11. The van der Waals surface area contributed by atoms with E-state index in [2.05, 4.69) is 169 Å². The normalized spacial score (nSPS) is 8.76. The van der Waals surface area contributed by atoms with E-state index in [9.17, 15) is 0 Å². The fourth-order valence-electron chi connectivity index (χ4n) is 7.30. The first-order chi connectivity index (χ1) is 42.7. The largest absolute Gasteiger partial charge is 0.307 e. The molecule has 0 saturated heterocycles. The Balaban J connectivity index is -0.000000116. The molecular weight excluding hydrogens is 1250 g/mol. The van der Waals surface area contributed by atoms with Crippen molar-refractivity contribution in [3.8, 4) is 44.5 Å². The summed E-state index contributed by atoms with van der Waals surface area (Å²) in [5.74, 6) is 0.722. The van der Waals surface area contributed by atoms with E-state index in [-0.39, 0.29) is 65.4 Å². The molecule has 1 N–H and O–H groups in total. The van der Waals surface area contributed by atoms with Crippen LogP contribution < -0.4 is 5.32 Å². The quantitative estimate of drug-likeness (QED) is 0.0975. The second kappa shape index (κ2) is 82.1. The SMILES string of the molecule is CC.CC.CC.CC.CC.CC.CC.CC.CC.CC.CCCl.CCN(C)CN(C)C.CNCN(C)C.[Y].[Y].[c-]1ccccc1-c1[c-]cccc1.[c-]1ccccc1-c1[c-]cccc1.c1ccc2c(c1)Cc1ccccc1-2.c1ccc2c(c1)Cc1ccccc1-2. The van der Waals surface area contributed by atoms with Gasteiger partial charge in [-0.25, -0.2) is 22.3 Å². The zero-order valence-electron chi connectivity index (χ0n) is 62.1. The van der Waals surface area contributed by atoms with Crippen molar-refractivity contribution in [3.63, 3.8) is 0 Å². The summed E-state index contributed by atoms with van der Waals surface area (Å²) in [6, 6.07) is 78.9. The third kappa shape index (κ3) is 51.3. The Bertz CT molecular complexity index is 2200. The molecule has 0 saturated carbocycles. The van der Waals surface area contributed by atoms with Gasteiger partial charge in [-0.05, 0) is 106 Å². The van der Waals surface area contributed by atoms with Crippen LogP contribution in [0.1, 0.15) is 175 Å². The van der Waals surface area contributed by atoms with Crippen LogP contribution in [0.5, 0.6) is 0 Å². The molecule has 7 heteroatoms. The first kappa shape index (κ1) is 104. The molecule has 0 bridgehead atoms.